The lowest BCUT2D eigenvalue weighted by atomic mass is 9.89. The SMILES string of the molecule is C=CC(=O)N1CCC2(CC1)CN(C(=O)Nc1c(CC)cccc1CC)CCO2. The van der Waals surface area contributed by atoms with Gasteiger partial charge in [-0.15, -0.1) is 0 Å². The van der Waals surface area contributed by atoms with Gasteiger partial charge < -0.3 is 19.9 Å². The van der Waals surface area contributed by atoms with Crippen LogP contribution >= 0.6 is 0 Å². The number of amides is 3. The predicted octanol–water partition coefficient (Wildman–Crippen LogP) is 3.22. The maximum absolute atomic E-state index is 13.0. The van der Waals surface area contributed by atoms with Gasteiger partial charge in [0.2, 0.25) is 5.91 Å². The highest BCUT2D eigenvalue weighted by atomic mass is 16.5. The summed E-state index contributed by atoms with van der Waals surface area (Å²) in [7, 11) is 0. The molecule has 1 aromatic rings. The van der Waals surface area contributed by atoms with E-state index in [1.54, 1.807) is 4.90 Å². The molecule has 3 rings (SSSR count). The standard InChI is InChI=1S/C22H31N3O3/c1-4-17-8-7-9-18(5-2)20(17)23-21(27)25-14-15-28-22(16-25)10-12-24(13-11-22)19(26)6-3/h6-9H,3-5,10-16H2,1-2H3,(H,23,27). The third-order valence-electron chi connectivity index (χ3n) is 5.93. The molecule has 2 saturated heterocycles. The molecule has 0 aliphatic carbocycles. The summed E-state index contributed by atoms with van der Waals surface area (Å²) in [6.45, 7) is 10.7. The first kappa shape index (κ1) is 20.4. The molecule has 0 aromatic heterocycles. The van der Waals surface area contributed by atoms with Crippen molar-refractivity contribution >= 4 is 17.6 Å². The Morgan fingerprint density at radius 3 is 2.36 bits per heavy atom. The topological polar surface area (TPSA) is 61.9 Å². The van der Waals surface area contributed by atoms with E-state index in [9.17, 15) is 9.59 Å². The van der Waals surface area contributed by atoms with Gasteiger partial charge in [-0.2, -0.15) is 0 Å². The van der Waals surface area contributed by atoms with Crippen molar-refractivity contribution in [2.75, 3.05) is 38.1 Å². The van der Waals surface area contributed by atoms with Gasteiger partial charge in [-0.3, -0.25) is 4.79 Å². The predicted molar refractivity (Wildman–Crippen MR) is 110 cm³/mol. The highest BCUT2D eigenvalue weighted by Gasteiger charge is 2.41. The average Bonchev–Trinajstić information content (AvgIpc) is 2.73. The van der Waals surface area contributed by atoms with E-state index in [0.717, 1.165) is 42.5 Å². The molecule has 1 N–H and O–H groups in total. The Morgan fingerprint density at radius 1 is 1.14 bits per heavy atom. The van der Waals surface area contributed by atoms with Crippen molar-refractivity contribution in [1.29, 1.82) is 0 Å². The fraction of sp³-hybridized carbons (Fsp3) is 0.545. The summed E-state index contributed by atoms with van der Waals surface area (Å²) in [4.78, 5) is 28.5. The van der Waals surface area contributed by atoms with Gasteiger partial charge in [0.15, 0.2) is 0 Å². The highest BCUT2D eigenvalue weighted by Crippen LogP contribution is 2.31. The molecule has 0 radical (unpaired) electrons. The molecular formula is C22H31N3O3. The fourth-order valence-corrected chi connectivity index (χ4v) is 4.17. The van der Waals surface area contributed by atoms with Crippen molar-refractivity contribution in [3.63, 3.8) is 0 Å². The Bertz CT molecular complexity index is 716. The average molecular weight is 386 g/mol. The van der Waals surface area contributed by atoms with Crippen molar-refractivity contribution in [2.24, 2.45) is 0 Å². The molecule has 1 aromatic carbocycles. The number of para-hydroxylation sites is 1. The van der Waals surface area contributed by atoms with Crippen LogP contribution in [0.2, 0.25) is 0 Å². The summed E-state index contributed by atoms with van der Waals surface area (Å²) in [5.41, 5.74) is 2.91. The van der Waals surface area contributed by atoms with Crippen LogP contribution < -0.4 is 5.32 Å². The van der Waals surface area contributed by atoms with Crippen LogP contribution in [-0.2, 0) is 22.4 Å². The van der Waals surface area contributed by atoms with Crippen LogP contribution in [0, 0.1) is 0 Å². The Kier molecular flexibility index (Phi) is 6.39. The summed E-state index contributed by atoms with van der Waals surface area (Å²) < 4.78 is 6.10. The Morgan fingerprint density at radius 2 is 1.79 bits per heavy atom. The Labute approximate surface area is 167 Å². The zero-order valence-corrected chi connectivity index (χ0v) is 17.0. The fourth-order valence-electron chi connectivity index (χ4n) is 4.17. The molecule has 0 bridgehead atoms. The van der Waals surface area contributed by atoms with Gasteiger partial charge in [0.25, 0.3) is 0 Å². The van der Waals surface area contributed by atoms with Crippen molar-refractivity contribution in [3.8, 4) is 0 Å². The zero-order chi connectivity index (χ0) is 20.1. The van der Waals surface area contributed by atoms with E-state index in [2.05, 4.69) is 43.9 Å². The Hall–Kier alpha value is -2.34. The summed E-state index contributed by atoms with van der Waals surface area (Å²) in [5, 5.41) is 3.16. The van der Waals surface area contributed by atoms with Gasteiger partial charge in [-0.25, -0.2) is 4.79 Å². The van der Waals surface area contributed by atoms with E-state index in [0.29, 0.717) is 32.8 Å². The number of anilines is 1. The largest absolute Gasteiger partial charge is 0.371 e. The lowest BCUT2D eigenvalue weighted by Gasteiger charge is -2.47. The van der Waals surface area contributed by atoms with Gasteiger partial charge in [-0.05, 0) is 42.9 Å². The number of hydrogen-bond acceptors (Lipinski definition) is 3. The molecule has 3 amide bonds. The number of piperidine rings is 1. The van der Waals surface area contributed by atoms with Crippen LogP contribution in [0.25, 0.3) is 0 Å². The molecule has 152 valence electrons. The monoisotopic (exact) mass is 385 g/mol. The second-order valence-corrected chi connectivity index (χ2v) is 7.57. The Balaban J connectivity index is 1.68. The smallest absolute Gasteiger partial charge is 0.322 e. The third-order valence-corrected chi connectivity index (χ3v) is 5.93. The number of carbonyl (C=O) groups is 2. The summed E-state index contributed by atoms with van der Waals surface area (Å²) in [6.07, 6.45) is 4.59. The van der Waals surface area contributed by atoms with Crippen LogP contribution in [-0.4, -0.2) is 60.1 Å². The van der Waals surface area contributed by atoms with Crippen molar-refractivity contribution in [2.45, 2.75) is 45.1 Å². The normalized spacial score (nSPS) is 18.8. The van der Waals surface area contributed by atoms with Crippen LogP contribution in [0.4, 0.5) is 10.5 Å². The lowest BCUT2D eigenvalue weighted by Crippen LogP contribution is -2.59. The van der Waals surface area contributed by atoms with E-state index in [1.165, 1.54) is 6.08 Å². The van der Waals surface area contributed by atoms with Crippen molar-refractivity contribution in [1.82, 2.24) is 9.80 Å². The number of urea groups is 1. The third kappa shape index (κ3) is 4.22. The van der Waals surface area contributed by atoms with E-state index in [-0.39, 0.29) is 17.5 Å². The molecule has 0 unspecified atom stereocenters. The molecule has 6 heteroatoms. The van der Waals surface area contributed by atoms with E-state index < -0.39 is 0 Å². The minimum absolute atomic E-state index is 0.0384. The molecule has 2 heterocycles. The lowest BCUT2D eigenvalue weighted by molar-refractivity contribution is -0.142. The molecule has 2 aliphatic rings. The first-order chi connectivity index (χ1) is 13.5. The van der Waals surface area contributed by atoms with Crippen LogP contribution in [0.15, 0.2) is 30.9 Å². The minimum atomic E-state index is -0.356. The highest BCUT2D eigenvalue weighted by molar-refractivity contribution is 5.91. The van der Waals surface area contributed by atoms with Gasteiger partial charge in [0.1, 0.15) is 0 Å². The number of aryl methyl sites for hydroxylation is 2. The number of ether oxygens (including phenoxy) is 1. The number of rotatable bonds is 4. The summed E-state index contributed by atoms with van der Waals surface area (Å²) >= 11 is 0. The van der Waals surface area contributed by atoms with Crippen molar-refractivity contribution < 1.29 is 14.3 Å². The van der Waals surface area contributed by atoms with Gasteiger partial charge >= 0.3 is 6.03 Å². The van der Waals surface area contributed by atoms with Crippen LogP contribution in [0.5, 0.6) is 0 Å². The first-order valence-corrected chi connectivity index (χ1v) is 10.2. The molecule has 1 spiro atoms. The molecular weight excluding hydrogens is 354 g/mol. The molecule has 2 aliphatic heterocycles. The summed E-state index contributed by atoms with van der Waals surface area (Å²) in [6, 6.07) is 6.13. The molecule has 0 atom stereocenters. The second-order valence-electron chi connectivity index (χ2n) is 7.57. The van der Waals surface area contributed by atoms with E-state index >= 15 is 0 Å². The van der Waals surface area contributed by atoms with E-state index in [4.69, 9.17) is 4.74 Å². The maximum atomic E-state index is 13.0. The second kappa shape index (κ2) is 8.78. The number of benzene rings is 1. The molecule has 0 saturated carbocycles. The number of hydrogen-bond donors (Lipinski definition) is 1. The summed E-state index contributed by atoms with van der Waals surface area (Å²) in [5.74, 6) is -0.0384. The maximum Gasteiger partial charge on any atom is 0.322 e. The number of nitrogens with zero attached hydrogens (tertiary/aromatic N) is 2. The number of nitrogens with one attached hydrogen (secondary N) is 1. The van der Waals surface area contributed by atoms with Crippen molar-refractivity contribution in [3.05, 3.63) is 42.0 Å². The van der Waals surface area contributed by atoms with Gasteiger partial charge in [0, 0.05) is 25.3 Å². The van der Waals surface area contributed by atoms with Gasteiger partial charge in [-0.1, -0.05) is 38.6 Å². The quantitative estimate of drug-likeness (QED) is 0.810. The van der Waals surface area contributed by atoms with Crippen LogP contribution in [0.1, 0.15) is 37.8 Å². The molecule has 28 heavy (non-hydrogen) atoms. The van der Waals surface area contributed by atoms with Gasteiger partial charge in [0.05, 0.1) is 18.8 Å². The van der Waals surface area contributed by atoms with E-state index in [1.807, 2.05) is 4.90 Å². The number of morpholine rings is 1. The molecule has 6 nitrogen and oxygen atoms in total. The molecule has 2 fully saturated rings. The number of likely N-dealkylation sites (tertiary alicyclic amines) is 1. The zero-order valence-electron chi connectivity index (χ0n) is 17.0. The first-order valence-electron chi connectivity index (χ1n) is 10.2. The van der Waals surface area contributed by atoms with Crippen LogP contribution in [0.3, 0.4) is 0 Å². The number of carbonyl (C=O) groups excluding carboxylic acids is 2. The minimum Gasteiger partial charge on any atom is -0.371 e.